The van der Waals surface area contributed by atoms with Crippen LogP contribution in [0, 0.1) is 17.3 Å². The highest BCUT2D eigenvalue weighted by Crippen LogP contribution is 2.29. The Bertz CT molecular complexity index is 363. The van der Waals surface area contributed by atoms with Crippen LogP contribution < -0.4 is 10.6 Å². The zero-order valence-corrected chi connectivity index (χ0v) is 13.2. The van der Waals surface area contributed by atoms with Crippen LogP contribution in [0.25, 0.3) is 0 Å². The molecular weight excluding hydrogens is 256 g/mol. The van der Waals surface area contributed by atoms with Crippen LogP contribution in [0.15, 0.2) is 0 Å². The molecule has 20 heavy (non-hydrogen) atoms. The zero-order valence-electron chi connectivity index (χ0n) is 13.2. The molecule has 0 spiro atoms. The Kier molecular flexibility index (Phi) is 5.42. The van der Waals surface area contributed by atoms with Crippen molar-refractivity contribution in [3.8, 4) is 0 Å². The van der Waals surface area contributed by atoms with Gasteiger partial charge in [0, 0.05) is 6.04 Å². The second-order valence-electron chi connectivity index (χ2n) is 7.22. The van der Waals surface area contributed by atoms with Crippen molar-refractivity contribution in [2.75, 3.05) is 0 Å². The molecule has 1 fully saturated rings. The monoisotopic (exact) mass is 284 g/mol. The number of nitrogens with one attached hydrogen (secondary N) is 2. The van der Waals surface area contributed by atoms with Gasteiger partial charge in [0.15, 0.2) is 0 Å². The summed E-state index contributed by atoms with van der Waals surface area (Å²) >= 11 is 0. The maximum atomic E-state index is 12.0. The normalized spacial score (nSPS) is 28.6. The van der Waals surface area contributed by atoms with E-state index in [1.807, 2.05) is 0 Å². The summed E-state index contributed by atoms with van der Waals surface area (Å²) in [5, 5.41) is 14.7. The maximum absolute atomic E-state index is 12.0. The number of carboxylic acids is 1. The summed E-state index contributed by atoms with van der Waals surface area (Å²) in [7, 11) is 0. The Morgan fingerprint density at radius 1 is 1.15 bits per heavy atom. The molecule has 3 unspecified atom stereocenters. The SMILES string of the molecule is CC1CCC(NC(=O)N[C@@H](C(=O)O)C(C)(C)C)CC1C. The Labute approximate surface area is 121 Å². The number of amides is 2. The topological polar surface area (TPSA) is 78.4 Å². The van der Waals surface area contributed by atoms with Crippen molar-refractivity contribution in [3.63, 3.8) is 0 Å². The van der Waals surface area contributed by atoms with E-state index in [4.69, 9.17) is 0 Å². The maximum Gasteiger partial charge on any atom is 0.326 e. The van der Waals surface area contributed by atoms with Crippen molar-refractivity contribution >= 4 is 12.0 Å². The van der Waals surface area contributed by atoms with Crippen LogP contribution in [0.4, 0.5) is 4.79 Å². The molecule has 0 aromatic heterocycles. The highest BCUT2D eigenvalue weighted by molar-refractivity contribution is 5.83. The minimum absolute atomic E-state index is 0.149. The van der Waals surface area contributed by atoms with E-state index in [1.54, 1.807) is 20.8 Å². The fourth-order valence-corrected chi connectivity index (χ4v) is 2.69. The molecule has 0 bridgehead atoms. The first kappa shape index (κ1) is 16.8. The lowest BCUT2D eigenvalue weighted by atomic mass is 9.79. The molecule has 1 aliphatic rings. The molecule has 4 atom stereocenters. The summed E-state index contributed by atoms with van der Waals surface area (Å²) < 4.78 is 0. The molecule has 0 aliphatic heterocycles. The second-order valence-corrected chi connectivity index (χ2v) is 7.22. The molecule has 2 amide bonds. The molecule has 1 saturated carbocycles. The van der Waals surface area contributed by atoms with Crippen LogP contribution in [0.2, 0.25) is 0 Å². The largest absolute Gasteiger partial charge is 0.480 e. The lowest BCUT2D eigenvalue weighted by Gasteiger charge is -2.33. The van der Waals surface area contributed by atoms with Gasteiger partial charge in [-0.15, -0.1) is 0 Å². The van der Waals surface area contributed by atoms with Crippen molar-refractivity contribution < 1.29 is 14.7 Å². The van der Waals surface area contributed by atoms with Gasteiger partial charge < -0.3 is 15.7 Å². The van der Waals surface area contributed by atoms with Crippen LogP contribution in [0.1, 0.15) is 53.9 Å². The Morgan fingerprint density at radius 3 is 2.20 bits per heavy atom. The number of aliphatic carboxylic acids is 1. The molecule has 0 heterocycles. The van der Waals surface area contributed by atoms with E-state index in [-0.39, 0.29) is 12.1 Å². The van der Waals surface area contributed by atoms with Crippen molar-refractivity contribution in [2.45, 2.75) is 66.0 Å². The third kappa shape index (κ3) is 4.69. The van der Waals surface area contributed by atoms with Crippen molar-refractivity contribution in [2.24, 2.45) is 17.3 Å². The second kappa shape index (κ2) is 6.46. The summed E-state index contributed by atoms with van der Waals surface area (Å²) in [6, 6.07) is -1.11. The highest BCUT2D eigenvalue weighted by Gasteiger charge is 2.33. The molecule has 5 nitrogen and oxygen atoms in total. The summed E-state index contributed by atoms with van der Waals surface area (Å²) in [6.45, 7) is 9.84. The molecule has 0 saturated heterocycles. The number of carbonyl (C=O) groups is 2. The Hall–Kier alpha value is -1.26. The third-order valence-electron chi connectivity index (χ3n) is 4.32. The van der Waals surface area contributed by atoms with Gasteiger partial charge in [-0.2, -0.15) is 0 Å². The third-order valence-corrected chi connectivity index (χ3v) is 4.32. The molecule has 3 N–H and O–H groups in total. The predicted octanol–water partition coefficient (Wildman–Crippen LogP) is 2.61. The van der Waals surface area contributed by atoms with Gasteiger partial charge >= 0.3 is 12.0 Å². The molecule has 1 aliphatic carbocycles. The number of hydrogen-bond donors (Lipinski definition) is 3. The predicted molar refractivity (Wildman–Crippen MR) is 78.5 cm³/mol. The van der Waals surface area contributed by atoms with Crippen molar-refractivity contribution in [1.29, 1.82) is 0 Å². The minimum Gasteiger partial charge on any atom is -0.480 e. The van der Waals surface area contributed by atoms with E-state index in [0.29, 0.717) is 11.8 Å². The number of carbonyl (C=O) groups excluding carboxylic acids is 1. The number of carboxylic acid groups (broad SMARTS) is 1. The lowest BCUT2D eigenvalue weighted by Crippen LogP contribution is -2.54. The summed E-state index contributed by atoms with van der Waals surface area (Å²) in [6.07, 6.45) is 3.03. The first-order valence-electron chi connectivity index (χ1n) is 7.41. The number of rotatable bonds is 3. The molecule has 5 heteroatoms. The van der Waals surface area contributed by atoms with E-state index in [0.717, 1.165) is 19.3 Å². The van der Waals surface area contributed by atoms with Crippen LogP contribution in [0.5, 0.6) is 0 Å². The molecule has 0 radical (unpaired) electrons. The quantitative estimate of drug-likeness (QED) is 0.745. The van der Waals surface area contributed by atoms with E-state index >= 15 is 0 Å². The smallest absolute Gasteiger partial charge is 0.326 e. The van der Waals surface area contributed by atoms with Gasteiger partial charge in [0.1, 0.15) is 6.04 Å². The van der Waals surface area contributed by atoms with Crippen molar-refractivity contribution in [3.05, 3.63) is 0 Å². The van der Waals surface area contributed by atoms with Crippen LogP contribution in [-0.2, 0) is 4.79 Å². The fourth-order valence-electron chi connectivity index (χ4n) is 2.69. The zero-order chi connectivity index (χ0) is 15.5. The van der Waals surface area contributed by atoms with Gasteiger partial charge in [-0.05, 0) is 36.5 Å². The molecular formula is C15H28N2O3. The van der Waals surface area contributed by atoms with E-state index in [1.165, 1.54) is 0 Å². The molecule has 0 aromatic carbocycles. The van der Waals surface area contributed by atoms with Crippen molar-refractivity contribution in [1.82, 2.24) is 10.6 Å². The first-order chi connectivity index (χ1) is 9.11. The molecule has 0 aromatic rings. The van der Waals surface area contributed by atoms with E-state index < -0.39 is 17.4 Å². The molecule has 1 rings (SSSR count). The lowest BCUT2D eigenvalue weighted by molar-refractivity contribution is -0.141. The van der Waals surface area contributed by atoms with Gasteiger partial charge in [-0.25, -0.2) is 9.59 Å². The van der Waals surface area contributed by atoms with Gasteiger partial charge in [-0.1, -0.05) is 34.6 Å². The summed E-state index contributed by atoms with van der Waals surface area (Å²) in [4.78, 5) is 23.2. The fraction of sp³-hybridized carbons (Fsp3) is 0.867. The Balaban J connectivity index is 2.52. The van der Waals surface area contributed by atoms with Gasteiger partial charge in [-0.3, -0.25) is 0 Å². The van der Waals surface area contributed by atoms with E-state index in [9.17, 15) is 14.7 Å². The van der Waals surface area contributed by atoms with Crippen LogP contribution in [-0.4, -0.2) is 29.2 Å². The Morgan fingerprint density at radius 2 is 1.75 bits per heavy atom. The minimum atomic E-state index is -1.00. The average molecular weight is 284 g/mol. The summed E-state index contributed by atoms with van der Waals surface area (Å²) in [5.41, 5.74) is -0.516. The number of urea groups is 1. The highest BCUT2D eigenvalue weighted by atomic mass is 16.4. The van der Waals surface area contributed by atoms with Crippen LogP contribution >= 0.6 is 0 Å². The van der Waals surface area contributed by atoms with Gasteiger partial charge in [0.25, 0.3) is 0 Å². The standard InChI is InChI=1S/C15H28N2O3/c1-9-6-7-11(8-10(9)2)16-14(20)17-12(13(18)19)15(3,4)5/h9-12H,6-8H2,1-5H3,(H,18,19)(H2,16,17,20)/t9?,10?,11?,12-/m0/s1. The number of hydrogen-bond acceptors (Lipinski definition) is 2. The average Bonchev–Trinajstić information content (AvgIpc) is 2.29. The van der Waals surface area contributed by atoms with E-state index in [2.05, 4.69) is 24.5 Å². The molecule has 116 valence electrons. The van der Waals surface area contributed by atoms with Gasteiger partial charge in [0.2, 0.25) is 0 Å². The van der Waals surface area contributed by atoms with Crippen LogP contribution in [0.3, 0.4) is 0 Å². The first-order valence-corrected chi connectivity index (χ1v) is 7.41. The van der Waals surface area contributed by atoms with Gasteiger partial charge in [0.05, 0.1) is 0 Å². The summed E-state index contributed by atoms with van der Waals surface area (Å²) in [5.74, 6) is 0.280.